The molecule has 0 saturated heterocycles. The van der Waals surface area contributed by atoms with Crippen LogP contribution in [0.4, 0.5) is 5.82 Å². The first-order valence-electron chi connectivity index (χ1n) is 8.30. The lowest BCUT2D eigenvalue weighted by Crippen LogP contribution is -2.16. The van der Waals surface area contributed by atoms with Crippen molar-refractivity contribution in [3.63, 3.8) is 0 Å². The lowest BCUT2D eigenvalue weighted by molar-refractivity contribution is 0.391. The molecular weight excluding hydrogens is 304 g/mol. The molecule has 1 aromatic heterocycles. The van der Waals surface area contributed by atoms with E-state index in [-0.39, 0.29) is 0 Å². The number of anilines is 1. The fourth-order valence-corrected chi connectivity index (χ4v) is 3.00. The van der Waals surface area contributed by atoms with Gasteiger partial charge in [0.25, 0.3) is 0 Å². The Labute approximate surface area is 142 Å². The van der Waals surface area contributed by atoms with Crippen LogP contribution >= 0.6 is 0 Å². The lowest BCUT2D eigenvalue weighted by atomic mass is 10.1. The first-order chi connectivity index (χ1) is 11.8. The van der Waals surface area contributed by atoms with E-state index in [1.54, 1.807) is 20.5 Å². The molecule has 0 amide bonds. The second kappa shape index (κ2) is 7.97. The van der Waals surface area contributed by atoms with E-state index in [4.69, 9.17) is 9.47 Å². The fraction of sp³-hybridized carbons (Fsp3) is 0.444. The van der Waals surface area contributed by atoms with Gasteiger partial charge in [0.1, 0.15) is 23.6 Å². The van der Waals surface area contributed by atoms with Gasteiger partial charge in [-0.2, -0.15) is 0 Å². The Morgan fingerprint density at radius 3 is 2.83 bits per heavy atom. The van der Waals surface area contributed by atoms with Crippen molar-refractivity contribution >= 4 is 5.82 Å². The van der Waals surface area contributed by atoms with E-state index in [1.807, 2.05) is 18.2 Å². The van der Waals surface area contributed by atoms with Crippen molar-refractivity contribution in [3.8, 4) is 11.5 Å². The molecule has 0 atom stereocenters. The van der Waals surface area contributed by atoms with Crippen molar-refractivity contribution in [1.29, 1.82) is 0 Å². The van der Waals surface area contributed by atoms with E-state index < -0.39 is 0 Å². The molecule has 2 aromatic rings. The van der Waals surface area contributed by atoms with Gasteiger partial charge in [-0.05, 0) is 31.0 Å². The number of nitrogens with one attached hydrogen (secondary N) is 2. The predicted molar refractivity (Wildman–Crippen MR) is 94.0 cm³/mol. The molecule has 1 aliphatic rings. The molecule has 0 fully saturated rings. The third-order valence-electron chi connectivity index (χ3n) is 4.31. The average Bonchev–Trinajstić information content (AvgIpc) is 2.88. The molecule has 1 aromatic carbocycles. The minimum Gasteiger partial charge on any atom is -0.497 e. The van der Waals surface area contributed by atoms with Gasteiger partial charge in [0.2, 0.25) is 0 Å². The van der Waals surface area contributed by atoms with Gasteiger partial charge in [-0.25, -0.2) is 9.97 Å². The van der Waals surface area contributed by atoms with Gasteiger partial charge in [0, 0.05) is 31.1 Å². The topological polar surface area (TPSA) is 68.3 Å². The molecule has 1 aliphatic heterocycles. The van der Waals surface area contributed by atoms with Gasteiger partial charge in [-0.15, -0.1) is 0 Å². The van der Waals surface area contributed by atoms with Gasteiger partial charge in [-0.1, -0.05) is 6.07 Å². The number of nitrogens with zero attached hydrogens (tertiary/aromatic N) is 2. The number of fused-ring (bicyclic) bond motifs is 1. The van der Waals surface area contributed by atoms with E-state index in [2.05, 4.69) is 20.6 Å². The number of methoxy groups -OCH3 is 2. The molecule has 0 bridgehead atoms. The Bertz CT molecular complexity index is 691. The summed E-state index contributed by atoms with van der Waals surface area (Å²) in [7, 11) is 3.34. The van der Waals surface area contributed by atoms with Crippen LogP contribution in [0.1, 0.15) is 16.8 Å². The maximum absolute atomic E-state index is 5.46. The van der Waals surface area contributed by atoms with Crippen molar-refractivity contribution in [2.45, 2.75) is 19.3 Å². The highest BCUT2D eigenvalue weighted by Gasteiger charge is 2.14. The number of rotatable bonds is 6. The molecule has 2 heterocycles. The fourth-order valence-electron chi connectivity index (χ4n) is 3.00. The number of ether oxygens (including phenoxy) is 2. The van der Waals surface area contributed by atoms with E-state index >= 15 is 0 Å². The molecule has 0 radical (unpaired) electrons. The summed E-state index contributed by atoms with van der Waals surface area (Å²) in [4.78, 5) is 8.86. The Morgan fingerprint density at radius 2 is 2.00 bits per heavy atom. The Balaban J connectivity index is 1.67. The molecule has 6 heteroatoms. The normalized spacial score (nSPS) is 13.8. The average molecular weight is 328 g/mol. The highest BCUT2D eigenvalue weighted by molar-refractivity contribution is 5.47. The smallest absolute Gasteiger partial charge is 0.132 e. The largest absolute Gasteiger partial charge is 0.497 e. The number of aromatic nitrogens is 2. The van der Waals surface area contributed by atoms with Crippen LogP contribution in [-0.4, -0.2) is 43.8 Å². The van der Waals surface area contributed by atoms with Crippen molar-refractivity contribution in [3.05, 3.63) is 41.3 Å². The third-order valence-corrected chi connectivity index (χ3v) is 4.31. The Hall–Kier alpha value is -2.34. The summed E-state index contributed by atoms with van der Waals surface area (Å²) in [6.45, 7) is 2.74. The minimum atomic E-state index is 0.791. The molecule has 6 nitrogen and oxygen atoms in total. The van der Waals surface area contributed by atoms with Crippen LogP contribution in [0, 0.1) is 0 Å². The summed E-state index contributed by atoms with van der Waals surface area (Å²) in [6.07, 6.45) is 4.42. The predicted octanol–water partition coefficient (Wildman–Crippen LogP) is 1.84. The highest BCUT2D eigenvalue weighted by atomic mass is 16.5. The van der Waals surface area contributed by atoms with Crippen LogP contribution in [0.2, 0.25) is 0 Å². The summed E-state index contributed by atoms with van der Waals surface area (Å²) in [6, 6.07) is 5.92. The Morgan fingerprint density at radius 1 is 1.12 bits per heavy atom. The standard InChI is InChI=1S/C18H24N4O2/c1-23-14-4-3-13(17(11-14)24-2)5-10-20-18-15-6-8-19-9-7-16(15)21-12-22-18/h3-4,11-12,19H,5-10H2,1-2H3,(H,20,21,22). The summed E-state index contributed by atoms with van der Waals surface area (Å²) in [5.74, 6) is 2.61. The second-order valence-corrected chi connectivity index (χ2v) is 5.75. The van der Waals surface area contributed by atoms with Gasteiger partial charge in [0.05, 0.1) is 19.9 Å². The molecule has 0 saturated carbocycles. The minimum absolute atomic E-state index is 0.791. The zero-order valence-corrected chi connectivity index (χ0v) is 14.3. The second-order valence-electron chi connectivity index (χ2n) is 5.75. The first-order valence-corrected chi connectivity index (χ1v) is 8.30. The summed E-state index contributed by atoms with van der Waals surface area (Å²) in [5, 5.41) is 6.87. The summed E-state index contributed by atoms with van der Waals surface area (Å²) < 4.78 is 10.7. The number of benzene rings is 1. The van der Waals surface area contributed by atoms with Crippen LogP contribution in [0.5, 0.6) is 11.5 Å². The van der Waals surface area contributed by atoms with Gasteiger partial charge >= 0.3 is 0 Å². The molecule has 0 unspecified atom stereocenters. The zero-order chi connectivity index (χ0) is 16.8. The quantitative estimate of drug-likeness (QED) is 0.843. The number of hydrogen-bond donors (Lipinski definition) is 2. The van der Waals surface area contributed by atoms with Gasteiger partial charge < -0.3 is 20.1 Å². The van der Waals surface area contributed by atoms with Crippen LogP contribution in [0.15, 0.2) is 24.5 Å². The maximum Gasteiger partial charge on any atom is 0.132 e. The molecular formula is C18H24N4O2. The first kappa shape index (κ1) is 16.5. The molecule has 2 N–H and O–H groups in total. The van der Waals surface area contributed by atoms with Gasteiger partial charge in [0.15, 0.2) is 0 Å². The molecule has 0 spiro atoms. The van der Waals surface area contributed by atoms with Crippen LogP contribution < -0.4 is 20.1 Å². The van der Waals surface area contributed by atoms with Crippen molar-refractivity contribution in [1.82, 2.24) is 15.3 Å². The van der Waals surface area contributed by atoms with Crippen LogP contribution in [0.3, 0.4) is 0 Å². The van der Waals surface area contributed by atoms with Crippen LogP contribution in [0.25, 0.3) is 0 Å². The third kappa shape index (κ3) is 3.76. The van der Waals surface area contributed by atoms with E-state index in [0.29, 0.717) is 0 Å². The molecule has 0 aliphatic carbocycles. The number of hydrogen-bond acceptors (Lipinski definition) is 6. The summed E-state index contributed by atoms with van der Waals surface area (Å²) in [5.41, 5.74) is 3.54. The molecule has 3 rings (SSSR count). The lowest BCUT2D eigenvalue weighted by Gasteiger charge is -2.14. The Kier molecular flexibility index (Phi) is 5.48. The molecule has 24 heavy (non-hydrogen) atoms. The van der Waals surface area contributed by atoms with Crippen molar-refractivity contribution in [2.24, 2.45) is 0 Å². The maximum atomic E-state index is 5.46. The van der Waals surface area contributed by atoms with Crippen molar-refractivity contribution in [2.75, 3.05) is 39.2 Å². The SMILES string of the molecule is COc1ccc(CCNc2ncnc3c2CCNCC3)c(OC)c1. The van der Waals surface area contributed by atoms with E-state index in [0.717, 1.165) is 67.5 Å². The summed E-state index contributed by atoms with van der Waals surface area (Å²) >= 11 is 0. The van der Waals surface area contributed by atoms with E-state index in [9.17, 15) is 0 Å². The zero-order valence-electron chi connectivity index (χ0n) is 14.3. The highest BCUT2D eigenvalue weighted by Crippen LogP contribution is 2.25. The van der Waals surface area contributed by atoms with Gasteiger partial charge in [-0.3, -0.25) is 0 Å². The van der Waals surface area contributed by atoms with Crippen LogP contribution in [-0.2, 0) is 19.3 Å². The molecule has 128 valence electrons. The van der Waals surface area contributed by atoms with Crippen molar-refractivity contribution < 1.29 is 9.47 Å². The van der Waals surface area contributed by atoms with E-state index in [1.165, 1.54) is 5.56 Å². The monoisotopic (exact) mass is 328 g/mol.